The van der Waals surface area contributed by atoms with Crippen LogP contribution in [0.3, 0.4) is 0 Å². The number of aromatic nitrogens is 2. The van der Waals surface area contributed by atoms with Crippen molar-refractivity contribution in [3.05, 3.63) is 41.7 Å². The van der Waals surface area contributed by atoms with E-state index in [1.54, 1.807) is 30.4 Å². The van der Waals surface area contributed by atoms with Crippen molar-refractivity contribution < 1.29 is 9.63 Å². The van der Waals surface area contributed by atoms with Crippen LogP contribution in [0.15, 0.2) is 30.4 Å². The Bertz CT molecular complexity index is 543. The summed E-state index contributed by atoms with van der Waals surface area (Å²) in [6.45, 7) is 5.97. The number of amides is 1. The van der Waals surface area contributed by atoms with Gasteiger partial charge in [-0.25, -0.2) is 5.48 Å². The molecule has 102 valence electrons. The van der Waals surface area contributed by atoms with Crippen LogP contribution in [0.5, 0.6) is 0 Å². The third-order valence-electron chi connectivity index (χ3n) is 3.04. The van der Waals surface area contributed by atoms with Crippen LogP contribution in [0, 0.1) is 6.92 Å². The molecule has 1 amide bonds. The molecular formula is C13H18N4O2. The molecular weight excluding hydrogens is 244 g/mol. The highest BCUT2D eigenvalue weighted by Crippen LogP contribution is 2.17. The zero-order valence-electron chi connectivity index (χ0n) is 11.5. The maximum Gasteiger partial charge on any atom is 0.261 e. The minimum atomic E-state index is -0.0935. The Kier molecular flexibility index (Phi) is 3.59. The second-order valence-electron chi connectivity index (χ2n) is 4.65. The molecule has 0 saturated heterocycles. The molecule has 0 unspecified atom stereocenters. The number of carbonyl (C=O) groups is 1. The number of allylic oxidation sites excluding steroid dienone is 1. The van der Waals surface area contributed by atoms with E-state index in [2.05, 4.69) is 10.6 Å². The van der Waals surface area contributed by atoms with Crippen molar-refractivity contribution in [3.63, 3.8) is 0 Å². The largest absolute Gasteiger partial charge is 0.390 e. The first-order valence-corrected chi connectivity index (χ1v) is 6.12. The molecule has 1 aromatic heterocycles. The van der Waals surface area contributed by atoms with Gasteiger partial charge in [-0.3, -0.25) is 9.48 Å². The van der Waals surface area contributed by atoms with Gasteiger partial charge in [0.15, 0.2) is 0 Å². The van der Waals surface area contributed by atoms with Gasteiger partial charge in [-0.2, -0.15) is 5.10 Å². The fourth-order valence-electron chi connectivity index (χ4n) is 1.95. The lowest BCUT2D eigenvalue weighted by molar-refractivity contribution is 0.0831. The number of nitrogens with one attached hydrogen (secondary N) is 1. The molecule has 1 N–H and O–H groups in total. The number of carbonyl (C=O) groups excluding carboxylic acids is 1. The number of hydroxylamine groups is 1. The third-order valence-corrected chi connectivity index (χ3v) is 3.04. The number of hydrogen-bond acceptors (Lipinski definition) is 4. The van der Waals surface area contributed by atoms with E-state index in [1.807, 2.05) is 25.5 Å². The Morgan fingerprint density at radius 1 is 1.53 bits per heavy atom. The summed E-state index contributed by atoms with van der Waals surface area (Å²) >= 11 is 0. The smallest absolute Gasteiger partial charge is 0.261 e. The fourth-order valence-corrected chi connectivity index (χ4v) is 1.95. The van der Waals surface area contributed by atoms with Gasteiger partial charge in [-0.1, -0.05) is 0 Å². The molecule has 0 fully saturated rings. The minimum absolute atomic E-state index is 0.0935. The van der Waals surface area contributed by atoms with E-state index in [4.69, 9.17) is 4.84 Å². The Balaban J connectivity index is 2.24. The second kappa shape index (κ2) is 5.17. The quantitative estimate of drug-likeness (QED) is 0.901. The highest BCUT2D eigenvalue weighted by atomic mass is 16.6. The van der Waals surface area contributed by atoms with Gasteiger partial charge < -0.3 is 9.74 Å². The van der Waals surface area contributed by atoms with Gasteiger partial charge in [0.1, 0.15) is 6.26 Å². The predicted octanol–water partition coefficient (Wildman–Crippen LogP) is 1.73. The molecule has 0 saturated carbocycles. The Hall–Kier alpha value is -2.24. The molecule has 1 aliphatic heterocycles. The van der Waals surface area contributed by atoms with Crippen molar-refractivity contribution >= 4 is 5.91 Å². The summed E-state index contributed by atoms with van der Waals surface area (Å²) in [7, 11) is 1.72. The fraction of sp³-hybridized carbons (Fsp3) is 0.385. The first kappa shape index (κ1) is 13.2. The molecule has 0 atom stereocenters. The molecule has 19 heavy (non-hydrogen) atoms. The van der Waals surface area contributed by atoms with Crippen molar-refractivity contribution in [1.29, 1.82) is 0 Å². The maximum absolute atomic E-state index is 12.4. The van der Waals surface area contributed by atoms with E-state index in [1.165, 1.54) is 6.26 Å². The van der Waals surface area contributed by atoms with E-state index in [9.17, 15) is 4.79 Å². The monoisotopic (exact) mass is 262 g/mol. The van der Waals surface area contributed by atoms with Crippen LogP contribution in [0.1, 0.15) is 35.9 Å². The van der Waals surface area contributed by atoms with Crippen molar-refractivity contribution in [2.75, 3.05) is 7.05 Å². The Morgan fingerprint density at radius 2 is 2.26 bits per heavy atom. The molecule has 0 aromatic carbocycles. The van der Waals surface area contributed by atoms with Crippen LogP contribution < -0.4 is 5.48 Å². The van der Waals surface area contributed by atoms with E-state index in [-0.39, 0.29) is 11.9 Å². The number of rotatable bonds is 3. The van der Waals surface area contributed by atoms with Gasteiger partial charge in [-0.05, 0) is 20.8 Å². The van der Waals surface area contributed by atoms with Gasteiger partial charge in [-0.15, -0.1) is 0 Å². The molecule has 0 spiro atoms. The van der Waals surface area contributed by atoms with Crippen molar-refractivity contribution in [3.8, 4) is 0 Å². The van der Waals surface area contributed by atoms with Crippen LogP contribution in [-0.4, -0.2) is 27.6 Å². The van der Waals surface area contributed by atoms with E-state index >= 15 is 0 Å². The molecule has 6 nitrogen and oxygen atoms in total. The highest BCUT2D eigenvalue weighted by molar-refractivity contribution is 5.96. The Labute approximate surface area is 112 Å². The highest BCUT2D eigenvalue weighted by Gasteiger charge is 2.21. The average Bonchev–Trinajstić information content (AvgIpc) is 2.80. The lowest BCUT2D eigenvalue weighted by Gasteiger charge is -2.20. The second-order valence-corrected chi connectivity index (χ2v) is 4.65. The van der Waals surface area contributed by atoms with Gasteiger partial charge in [0, 0.05) is 24.9 Å². The zero-order valence-corrected chi connectivity index (χ0v) is 11.5. The summed E-state index contributed by atoms with van der Waals surface area (Å²) in [5.41, 5.74) is 4.81. The van der Waals surface area contributed by atoms with Gasteiger partial charge in [0.2, 0.25) is 0 Å². The van der Waals surface area contributed by atoms with E-state index < -0.39 is 0 Å². The van der Waals surface area contributed by atoms with Crippen LogP contribution in [0.4, 0.5) is 0 Å². The lowest BCUT2D eigenvalue weighted by Crippen LogP contribution is -2.28. The molecule has 1 aromatic rings. The number of likely N-dealkylation sites (N-methyl/N-ethyl adjacent to an activating group) is 1. The summed E-state index contributed by atoms with van der Waals surface area (Å²) in [5, 5.41) is 4.26. The molecule has 2 rings (SSSR count). The van der Waals surface area contributed by atoms with Crippen molar-refractivity contribution in [2.45, 2.75) is 26.8 Å². The molecule has 0 aliphatic carbocycles. The van der Waals surface area contributed by atoms with Crippen LogP contribution in [0.25, 0.3) is 0 Å². The Morgan fingerprint density at radius 3 is 2.79 bits per heavy atom. The maximum atomic E-state index is 12.4. The molecule has 0 radical (unpaired) electrons. The summed E-state index contributed by atoms with van der Waals surface area (Å²) in [6, 6.07) is 0.232. The average molecular weight is 262 g/mol. The van der Waals surface area contributed by atoms with Crippen LogP contribution in [0.2, 0.25) is 0 Å². The normalized spacial score (nSPS) is 13.8. The minimum Gasteiger partial charge on any atom is -0.390 e. The van der Waals surface area contributed by atoms with Crippen molar-refractivity contribution in [1.82, 2.24) is 20.2 Å². The number of nitrogens with zero attached hydrogens (tertiary/aromatic N) is 3. The first-order chi connectivity index (χ1) is 9.02. The van der Waals surface area contributed by atoms with Gasteiger partial charge in [0.25, 0.3) is 5.91 Å². The van der Waals surface area contributed by atoms with Gasteiger partial charge >= 0.3 is 0 Å². The molecule has 0 bridgehead atoms. The molecule has 1 aliphatic rings. The summed E-state index contributed by atoms with van der Waals surface area (Å²) in [6.07, 6.45) is 6.45. The standard InChI is InChI=1S/C13H18N4O2/c1-9(2)17-10(3)12(8-14-17)13(18)16(4)11-5-6-19-15-7-11/h5-9,15H,1-4H3. The van der Waals surface area contributed by atoms with Gasteiger partial charge in [0.05, 0.1) is 23.7 Å². The van der Waals surface area contributed by atoms with Crippen LogP contribution in [-0.2, 0) is 4.84 Å². The zero-order chi connectivity index (χ0) is 14.0. The van der Waals surface area contributed by atoms with Crippen LogP contribution >= 0.6 is 0 Å². The lowest BCUT2D eigenvalue weighted by atomic mass is 10.2. The molecule has 6 heteroatoms. The number of hydrogen-bond donors (Lipinski definition) is 1. The first-order valence-electron chi connectivity index (χ1n) is 6.12. The van der Waals surface area contributed by atoms with Crippen molar-refractivity contribution in [2.24, 2.45) is 0 Å². The predicted molar refractivity (Wildman–Crippen MR) is 70.9 cm³/mol. The van der Waals surface area contributed by atoms with E-state index in [0.29, 0.717) is 5.56 Å². The SMILES string of the molecule is Cc1c(C(=O)N(C)C2=CNOC=C2)cnn1C(C)C. The third kappa shape index (κ3) is 2.47. The van der Waals surface area contributed by atoms with E-state index in [0.717, 1.165) is 11.4 Å². The summed E-state index contributed by atoms with van der Waals surface area (Å²) in [4.78, 5) is 18.8. The molecule has 2 heterocycles. The summed E-state index contributed by atoms with van der Waals surface area (Å²) in [5.74, 6) is -0.0935. The summed E-state index contributed by atoms with van der Waals surface area (Å²) < 4.78 is 1.84. The topological polar surface area (TPSA) is 59.4 Å².